The monoisotopic (exact) mass is 330 g/mol. The maximum absolute atomic E-state index is 5.94. The predicted molar refractivity (Wildman–Crippen MR) is 78.3 cm³/mol. The molecule has 0 saturated carbocycles. The largest absolute Gasteiger partial charge is 0.397 e. The number of nitrogen functional groups attached to an aromatic ring is 1. The van der Waals surface area contributed by atoms with Gasteiger partial charge in [-0.1, -0.05) is 39.1 Å². The fourth-order valence-corrected chi connectivity index (χ4v) is 1.96. The van der Waals surface area contributed by atoms with Gasteiger partial charge in [0.15, 0.2) is 0 Å². The van der Waals surface area contributed by atoms with Crippen LogP contribution in [0.3, 0.4) is 0 Å². The highest BCUT2D eigenvalue weighted by Gasteiger charge is 2.05. The molecule has 3 N–H and O–H groups in total. The molecular formula is C12H9BrCl2N2. The van der Waals surface area contributed by atoms with Crippen LogP contribution in [0.2, 0.25) is 10.0 Å². The van der Waals surface area contributed by atoms with E-state index in [1.165, 1.54) is 0 Å². The lowest BCUT2D eigenvalue weighted by atomic mass is 10.2. The Balaban J connectivity index is 2.30. The quantitative estimate of drug-likeness (QED) is 0.753. The summed E-state index contributed by atoms with van der Waals surface area (Å²) in [5.41, 5.74) is 8.08. The third kappa shape index (κ3) is 3.06. The van der Waals surface area contributed by atoms with Crippen molar-refractivity contribution in [1.29, 1.82) is 0 Å². The highest BCUT2D eigenvalue weighted by atomic mass is 79.9. The van der Waals surface area contributed by atoms with Crippen LogP contribution in [0.1, 0.15) is 0 Å². The van der Waals surface area contributed by atoms with Crippen LogP contribution in [0, 0.1) is 0 Å². The van der Waals surface area contributed by atoms with Gasteiger partial charge in [-0.3, -0.25) is 0 Å². The molecule has 17 heavy (non-hydrogen) atoms. The lowest BCUT2D eigenvalue weighted by Crippen LogP contribution is -1.96. The van der Waals surface area contributed by atoms with Gasteiger partial charge in [-0.2, -0.15) is 0 Å². The van der Waals surface area contributed by atoms with E-state index in [0.29, 0.717) is 15.7 Å². The van der Waals surface area contributed by atoms with Crippen molar-refractivity contribution in [2.45, 2.75) is 0 Å². The number of nitrogens with two attached hydrogens (primary N) is 1. The fraction of sp³-hybridized carbons (Fsp3) is 0. The van der Waals surface area contributed by atoms with Crippen LogP contribution in [-0.4, -0.2) is 0 Å². The van der Waals surface area contributed by atoms with Crippen molar-refractivity contribution in [2.75, 3.05) is 11.1 Å². The van der Waals surface area contributed by atoms with Crippen molar-refractivity contribution in [3.05, 3.63) is 50.9 Å². The van der Waals surface area contributed by atoms with Gasteiger partial charge in [0.25, 0.3) is 0 Å². The molecule has 2 nitrogen and oxygen atoms in total. The van der Waals surface area contributed by atoms with Crippen molar-refractivity contribution < 1.29 is 0 Å². The van der Waals surface area contributed by atoms with Crippen LogP contribution in [0.5, 0.6) is 0 Å². The van der Waals surface area contributed by atoms with Crippen molar-refractivity contribution >= 4 is 56.2 Å². The van der Waals surface area contributed by atoms with E-state index in [4.69, 9.17) is 28.9 Å². The summed E-state index contributed by atoms with van der Waals surface area (Å²) >= 11 is 15.2. The Morgan fingerprint density at radius 3 is 2.24 bits per heavy atom. The summed E-state index contributed by atoms with van der Waals surface area (Å²) in [6, 6.07) is 11.1. The van der Waals surface area contributed by atoms with Crippen LogP contribution in [0.25, 0.3) is 0 Å². The molecule has 0 radical (unpaired) electrons. The third-order valence-corrected chi connectivity index (χ3v) is 3.47. The smallest absolute Gasteiger partial charge is 0.0633 e. The minimum Gasteiger partial charge on any atom is -0.397 e. The molecule has 0 amide bonds. The van der Waals surface area contributed by atoms with E-state index >= 15 is 0 Å². The van der Waals surface area contributed by atoms with Gasteiger partial charge in [0, 0.05) is 10.2 Å². The van der Waals surface area contributed by atoms with Crippen LogP contribution < -0.4 is 11.1 Å². The number of hydrogen-bond donors (Lipinski definition) is 2. The molecule has 0 aliphatic heterocycles. The van der Waals surface area contributed by atoms with Gasteiger partial charge in [-0.25, -0.2) is 0 Å². The Bertz CT molecular complexity index is 541. The molecule has 0 fully saturated rings. The van der Waals surface area contributed by atoms with Gasteiger partial charge >= 0.3 is 0 Å². The molecule has 0 saturated heterocycles. The Labute approximate surface area is 118 Å². The molecule has 0 aliphatic carbocycles. The Morgan fingerprint density at radius 1 is 1.00 bits per heavy atom. The molecule has 0 spiro atoms. The van der Waals surface area contributed by atoms with Crippen LogP contribution in [-0.2, 0) is 0 Å². The summed E-state index contributed by atoms with van der Waals surface area (Å²) < 4.78 is 1.02. The molecule has 88 valence electrons. The van der Waals surface area contributed by atoms with Crippen molar-refractivity contribution in [3.8, 4) is 0 Å². The third-order valence-electron chi connectivity index (χ3n) is 2.22. The van der Waals surface area contributed by atoms with Crippen molar-refractivity contribution in [2.24, 2.45) is 0 Å². The summed E-state index contributed by atoms with van der Waals surface area (Å²) in [6.07, 6.45) is 0. The Morgan fingerprint density at radius 2 is 1.59 bits per heavy atom. The van der Waals surface area contributed by atoms with E-state index in [1.807, 2.05) is 24.3 Å². The van der Waals surface area contributed by atoms with Gasteiger partial charge in [-0.15, -0.1) is 0 Å². The molecule has 0 atom stereocenters. The molecule has 2 rings (SSSR count). The number of rotatable bonds is 2. The molecule has 0 bridgehead atoms. The Kier molecular flexibility index (Phi) is 3.82. The zero-order valence-corrected chi connectivity index (χ0v) is 11.8. The van der Waals surface area contributed by atoms with Crippen molar-refractivity contribution in [1.82, 2.24) is 0 Å². The number of hydrogen-bond acceptors (Lipinski definition) is 2. The van der Waals surface area contributed by atoms with Crippen LogP contribution in [0.4, 0.5) is 17.1 Å². The lowest BCUT2D eigenvalue weighted by molar-refractivity contribution is 1.53. The minimum atomic E-state index is 0.450. The topological polar surface area (TPSA) is 38.0 Å². The second kappa shape index (κ2) is 5.17. The van der Waals surface area contributed by atoms with Gasteiger partial charge in [0.05, 0.1) is 21.4 Å². The summed E-state index contributed by atoms with van der Waals surface area (Å²) in [7, 11) is 0. The van der Waals surface area contributed by atoms with Gasteiger partial charge in [0.2, 0.25) is 0 Å². The minimum absolute atomic E-state index is 0.450. The molecule has 0 unspecified atom stereocenters. The van der Waals surface area contributed by atoms with Crippen molar-refractivity contribution in [3.63, 3.8) is 0 Å². The zero-order valence-electron chi connectivity index (χ0n) is 8.68. The average molecular weight is 332 g/mol. The summed E-state index contributed by atoms with van der Waals surface area (Å²) in [5.74, 6) is 0. The zero-order chi connectivity index (χ0) is 12.4. The lowest BCUT2D eigenvalue weighted by Gasteiger charge is -2.10. The summed E-state index contributed by atoms with van der Waals surface area (Å²) in [6.45, 7) is 0. The van der Waals surface area contributed by atoms with E-state index in [0.717, 1.165) is 15.8 Å². The first-order chi connectivity index (χ1) is 8.06. The standard InChI is InChI=1S/C12H9BrCl2N2/c13-7-1-3-8(4-2-7)17-12-6-10(15)9(14)5-11(12)16/h1-6,17H,16H2. The molecule has 2 aromatic rings. The molecule has 0 aliphatic rings. The molecular weight excluding hydrogens is 323 g/mol. The maximum Gasteiger partial charge on any atom is 0.0633 e. The highest BCUT2D eigenvalue weighted by Crippen LogP contribution is 2.32. The van der Waals surface area contributed by atoms with E-state index in [1.54, 1.807) is 12.1 Å². The maximum atomic E-state index is 5.94. The number of benzene rings is 2. The van der Waals surface area contributed by atoms with Gasteiger partial charge in [-0.05, 0) is 36.4 Å². The number of halogens is 3. The first-order valence-electron chi connectivity index (χ1n) is 4.83. The second-order valence-corrected chi connectivity index (χ2v) is 5.22. The van der Waals surface area contributed by atoms with Gasteiger partial charge < -0.3 is 11.1 Å². The average Bonchev–Trinajstić information content (AvgIpc) is 2.29. The molecule has 2 aromatic carbocycles. The SMILES string of the molecule is Nc1cc(Cl)c(Cl)cc1Nc1ccc(Br)cc1. The molecule has 0 heterocycles. The van der Waals surface area contributed by atoms with E-state index in [-0.39, 0.29) is 0 Å². The van der Waals surface area contributed by atoms with E-state index in [9.17, 15) is 0 Å². The van der Waals surface area contributed by atoms with Crippen LogP contribution >= 0.6 is 39.1 Å². The van der Waals surface area contributed by atoms with Crippen LogP contribution in [0.15, 0.2) is 40.9 Å². The summed E-state index contributed by atoms with van der Waals surface area (Å²) in [4.78, 5) is 0. The number of anilines is 3. The molecule has 5 heteroatoms. The van der Waals surface area contributed by atoms with E-state index in [2.05, 4.69) is 21.2 Å². The van der Waals surface area contributed by atoms with Gasteiger partial charge in [0.1, 0.15) is 0 Å². The number of nitrogens with one attached hydrogen (secondary N) is 1. The first-order valence-corrected chi connectivity index (χ1v) is 6.38. The summed E-state index contributed by atoms with van der Waals surface area (Å²) in [5, 5.41) is 4.10. The normalized spacial score (nSPS) is 10.3. The second-order valence-electron chi connectivity index (χ2n) is 3.49. The predicted octanol–water partition coefficient (Wildman–Crippen LogP) is 5.08. The first kappa shape index (κ1) is 12.6. The molecule has 0 aromatic heterocycles. The Hall–Kier alpha value is -0.900. The highest BCUT2D eigenvalue weighted by molar-refractivity contribution is 9.10. The fourth-order valence-electron chi connectivity index (χ4n) is 1.36. The van der Waals surface area contributed by atoms with E-state index < -0.39 is 0 Å².